The van der Waals surface area contributed by atoms with Gasteiger partial charge in [-0.1, -0.05) is 50.6 Å². The predicted molar refractivity (Wildman–Crippen MR) is 82.5 cm³/mol. The molecule has 0 saturated heterocycles. The zero-order valence-electron chi connectivity index (χ0n) is 12.6. The second-order valence-corrected chi connectivity index (χ2v) is 5.52. The molecule has 1 N–H and O–H groups in total. The van der Waals surface area contributed by atoms with Crippen LogP contribution in [0.2, 0.25) is 0 Å². The molecule has 3 heteroatoms. The van der Waals surface area contributed by atoms with Crippen molar-refractivity contribution < 1.29 is 4.79 Å². The first-order chi connectivity index (χ1) is 9.76. The highest BCUT2D eigenvalue weighted by molar-refractivity contribution is 5.79. The number of nitrogens with one attached hydrogen (secondary N) is 1. The van der Waals surface area contributed by atoms with Gasteiger partial charge in [0.1, 0.15) is 0 Å². The van der Waals surface area contributed by atoms with Gasteiger partial charge in [-0.05, 0) is 31.5 Å². The maximum absolute atomic E-state index is 12.0. The van der Waals surface area contributed by atoms with Crippen molar-refractivity contribution in [1.29, 1.82) is 0 Å². The van der Waals surface area contributed by atoms with E-state index in [0.29, 0.717) is 6.54 Å². The summed E-state index contributed by atoms with van der Waals surface area (Å²) >= 11 is 0. The van der Waals surface area contributed by atoms with Gasteiger partial charge in [0.15, 0.2) is 0 Å². The van der Waals surface area contributed by atoms with Gasteiger partial charge in [0, 0.05) is 12.5 Å². The second-order valence-electron chi connectivity index (χ2n) is 5.52. The second kappa shape index (κ2) is 7.44. The van der Waals surface area contributed by atoms with E-state index >= 15 is 0 Å². The lowest BCUT2D eigenvalue weighted by molar-refractivity contribution is -0.127. The Labute approximate surface area is 122 Å². The van der Waals surface area contributed by atoms with Gasteiger partial charge in [0.25, 0.3) is 0 Å². The third-order valence-electron chi connectivity index (χ3n) is 4.38. The first-order valence-electron chi connectivity index (χ1n) is 7.83. The molecule has 0 bridgehead atoms. The molecule has 3 nitrogen and oxygen atoms in total. The smallest absolute Gasteiger partial charge is 0.223 e. The van der Waals surface area contributed by atoms with Crippen LogP contribution in [0.25, 0.3) is 0 Å². The van der Waals surface area contributed by atoms with E-state index in [2.05, 4.69) is 48.3 Å². The molecule has 1 aromatic rings. The molecule has 1 aliphatic carbocycles. The van der Waals surface area contributed by atoms with Crippen LogP contribution in [0.5, 0.6) is 0 Å². The molecule has 0 spiro atoms. The lowest BCUT2D eigenvalue weighted by Crippen LogP contribution is -2.41. The number of likely N-dealkylation sites (N-methyl/N-ethyl adjacent to an activating group) is 1. The standard InChI is InChI=1S/C17H26N2O/c1-3-19(4-2)16(14-9-6-5-7-10-14)13-18-17(20)15-11-8-12-15/h5-7,9-10,15-16H,3-4,8,11-13H2,1-2H3,(H,18,20)/t16-/m1/s1. The topological polar surface area (TPSA) is 32.3 Å². The van der Waals surface area contributed by atoms with Gasteiger partial charge in [-0.25, -0.2) is 0 Å². The van der Waals surface area contributed by atoms with E-state index < -0.39 is 0 Å². The monoisotopic (exact) mass is 274 g/mol. The maximum Gasteiger partial charge on any atom is 0.223 e. The van der Waals surface area contributed by atoms with Crippen LogP contribution in [0, 0.1) is 5.92 Å². The minimum Gasteiger partial charge on any atom is -0.354 e. The quantitative estimate of drug-likeness (QED) is 0.829. The average molecular weight is 274 g/mol. The van der Waals surface area contributed by atoms with Gasteiger partial charge in [-0.15, -0.1) is 0 Å². The summed E-state index contributed by atoms with van der Waals surface area (Å²) in [6.07, 6.45) is 3.33. The van der Waals surface area contributed by atoms with E-state index in [1.165, 1.54) is 12.0 Å². The summed E-state index contributed by atoms with van der Waals surface area (Å²) in [5.74, 6) is 0.507. The summed E-state index contributed by atoms with van der Waals surface area (Å²) < 4.78 is 0. The first kappa shape index (κ1) is 15.0. The summed E-state index contributed by atoms with van der Waals surface area (Å²) in [5, 5.41) is 3.15. The number of carbonyl (C=O) groups is 1. The molecule has 0 aromatic heterocycles. The molecule has 0 aliphatic heterocycles. The SMILES string of the molecule is CCN(CC)[C@H](CNC(=O)C1CCC1)c1ccccc1. The van der Waals surface area contributed by atoms with Crippen molar-refractivity contribution in [3.05, 3.63) is 35.9 Å². The molecule has 1 fully saturated rings. The summed E-state index contributed by atoms with van der Waals surface area (Å²) in [5.41, 5.74) is 1.28. The molecule has 20 heavy (non-hydrogen) atoms. The van der Waals surface area contributed by atoms with Crippen LogP contribution in [0.4, 0.5) is 0 Å². The van der Waals surface area contributed by atoms with Gasteiger partial charge in [-0.2, -0.15) is 0 Å². The molecule has 0 unspecified atom stereocenters. The molecule has 1 saturated carbocycles. The van der Waals surface area contributed by atoms with Crippen LogP contribution >= 0.6 is 0 Å². The highest BCUT2D eigenvalue weighted by Crippen LogP contribution is 2.26. The van der Waals surface area contributed by atoms with Crippen LogP contribution in [-0.4, -0.2) is 30.4 Å². The Morgan fingerprint density at radius 3 is 2.40 bits per heavy atom. The zero-order chi connectivity index (χ0) is 14.4. The van der Waals surface area contributed by atoms with Crippen LogP contribution in [0.3, 0.4) is 0 Å². The van der Waals surface area contributed by atoms with Crippen LogP contribution in [-0.2, 0) is 4.79 Å². The van der Waals surface area contributed by atoms with E-state index in [0.717, 1.165) is 25.9 Å². The third kappa shape index (κ3) is 3.60. The average Bonchev–Trinajstić information content (AvgIpc) is 2.42. The van der Waals surface area contributed by atoms with Crippen molar-refractivity contribution in [3.8, 4) is 0 Å². The summed E-state index contributed by atoms with van der Waals surface area (Å²) in [6.45, 7) is 7.05. The summed E-state index contributed by atoms with van der Waals surface area (Å²) in [6, 6.07) is 10.8. The van der Waals surface area contributed by atoms with Gasteiger partial charge in [0.05, 0.1) is 6.04 Å². The van der Waals surface area contributed by atoms with E-state index in [1.54, 1.807) is 0 Å². The number of benzene rings is 1. The van der Waals surface area contributed by atoms with Crippen molar-refractivity contribution in [2.75, 3.05) is 19.6 Å². The highest BCUT2D eigenvalue weighted by atomic mass is 16.1. The molecule has 1 amide bonds. The van der Waals surface area contributed by atoms with Gasteiger partial charge < -0.3 is 5.32 Å². The lowest BCUT2D eigenvalue weighted by Gasteiger charge is -2.31. The van der Waals surface area contributed by atoms with Crippen molar-refractivity contribution >= 4 is 5.91 Å². The lowest BCUT2D eigenvalue weighted by atomic mass is 9.85. The Bertz CT molecular complexity index is 410. The Balaban J connectivity index is 2.00. The van der Waals surface area contributed by atoms with Crippen LogP contribution in [0.15, 0.2) is 30.3 Å². The fourth-order valence-corrected chi connectivity index (χ4v) is 2.81. The van der Waals surface area contributed by atoms with Crippen LogP contribution in [0.1, 0.15) is 44.7 Å². The van der Waals surface area contributed by atoms with Crippen molar-refractivity contribution in [2.45, 2.75) is 39.2 Å². The fourth-order valence-electron chi connectivity index (χ4n) is 2.81. The van der Waals surface area contributed by atoms with Gasteiger partial charge in [-0.3, -0.25) is 9.69 Å². The van der Waals surface area contributed by atoms with Crippen molar-refractivity contribution in [2.24, 2.45) is 5.92 Å². The zero-order valence-corrected chi connectivity index (χ0v) is 12.6. The van der Waals surface area contributed by atoms with Gasteiger partial charge in [0.2, 0.25) is 5.91 Å². The van der Waals surface area contributed by atoms with Crippen molar-refractivity contribution in [3.63, 3.8) is 0 Å². The van der Waals surface area contributed by atoms with E-state index in [4.69, 9.17) is 0 Å². The fraction of sp³-hybridized carbons (Fsp3) is 0.588. The molecular weight excluding hydrogens is 248 g/mol. The Hall–Kier alpha value is -1.35. The number of nitrogens with zero attached hydrogens (tertiary/aromatic N) is 1. The largest absolute Gasteiger partial charge is 0.354 e. The number of amides is 1. The molecule has 0 radical (unpaired) electrons. The van der Waals surface area contributed by atoms with Gasteiger partial charge >= 0.3 is 0 Å². The van der Waals surface area contributed by atoms with Crippen molar-refractivity contribution in [1.82, 2.24) is 10.2 Å². The normalized spacial score (nSPS) is 16.8. The maximum atomic E-state index is 12.0. The summed E-state index contributed by atoms with van der Waals surface area (Å²) in [4.78, 5) is 14.4. The number of carbonyl (C=O) groups excluding carboxylic acids is 1. The first-order valence-corrected chi connectivity index (χ1v) is 7.83. The van der Waals surface area contributed by atoms with Crippen LogP contribution < -0.4 is 5.32 Å². The number of hydrogen-bond donors (Lipinski definition) is 1. The predicted octanol–water partition coefficient (Wildman–Crippen LogP) is 2.99. The third-order valence-corrected chi connectivity index (χ3v) is 4.38. The molecule has 1 aromatic carbocycles. The molecular formula is C17H26N2O. The molecule has 1 atom stereocenters. The molecule has 110 valence electrons. The minimum absolute atomic E-state index is 0.240. The Morgan fingerprint density at radius 2 is 1.90 bits per heavy atom. The van der Waals surface area contributed by atoms with E-state index in [9.17, 15) is 4.79 Å². The molecule has 2 rings (SSSR count). The number of hydrogen-bond acceptors (Lipinski definition) is 2. The Morgan fingerprint density at radius 1 is 1.25 bits per heavy atom. The number of rotatable bonds is 7. The Kier molecular flexibility index (Phi) is 5.60. The van der Waals surface area contributed by atoms with E-state index in [1.807, 2.05) is 6.07 Å². The minimum atomic E-state index is 0.240. The molecule has 1 aliphatic rings. The summed E-state index contributed by atoms with van der Waals surface area (Å²) in [7, 11) is 0. The molecule has 0 heterocycles. The van der Waals surface area contributed by atoms with E-state index in [-0.39, 0.29) is 17.9 Å². The highest BCUT2D eigenvalue weighted by Gasteiger charge is 2.26.